The van der Waals surface area contributed by atoms with Crippen molar-refractivity contribution in [2.45, 2.75) is 0 Å². The minimum atomic E-state index is -0.109. The van der Waals surface area contributed by atoms with E-state index in [-0.39, 0.29) is 5.91 Å². The molecule has 0 aliphatic rings. The highest BCUT2D eigenvalue weighted by Gasteiger charge is 2.09. The quantitative estimate of drug-likeness (QED) is 0.836. The molecule has 0 saturated heterocycles. The van der Waals surface area contributed by atoms with E-state index in [9.17, 15) is 4.79 Å². The van der Waals surface area contributed by atoms with Gasteiger partial charge in [-0.05, 0) is 12.1 Å². The highest BCUT2D eigenvalue weighted by molar-refractivity contribution is 9.09. The van der Waals surface area contributed by atoms with Crippen molar-refractivity contribution in [2.24, 2.45) is 0 Å². The minimum Gasteiger partial charge on any atom is -0.496 e. The van der Waals surface area contributed by atoms with Crippen molar-refractivity contribution in [2.75, 3.05) is 19.0 Å². The van der Waals surface area contributed by atoms with Gasteiger partial charge in [-0.1, -0.05) is 28.1 Å². The number of nitrogens with one attached hydrogen (secondary N) is 1. The fourth-order valence-electron chi connectivity index (χ4n) is 1.09. The van der Waals surface area contributed by atoms with E-state index in [1.165, 1.54) is 0 Å². The second kappa shape index (κ2) is 5.65. The monoisotopic (exact) mass is 257 g/mol. The Morgan fingerprint density at radius 2 is 2.21 bits per heavy atom. The van der Waals surface area contributed by atoms with Crippen LogP contribution in [0.15, 0.2) is 24.3 Å². The lowest BCUT2D eigenvalue weighted by Crippen LogP contribution is -2.25. The van der Waals surface area contributed by atoms with Crippen molar-refractivity contribution in [3.05, 3.63) is 29.8 Å². The molecule has 1 rings (SSSR count). The molecule has 0 radical (unpaired) electrons. The lowest BCUT2D eigenvalue weighted by Gasteiger charge is -2.07. The molecule has 1 N–H and O–H groups in total. The van der Waals surface area contributed by atoms with E-state index in [4.69, 9.17) is 4.74 Å². The zero-order chi connectivity index (χ0) is 10.4. The maximum absolute atomic E-state index is 11.6. The number of para-hydroxylation sites is 1. The highest BCUT2D eigenvalue weighted by Crippen LogP contribution is 2.16. The molecule has 76 valence electrons. The Balaban J connectivity index is 2.78. The largest absolute Gasteiger partial charge is 0.496 e. The van der Waals surface area contributed by atoms with Crippen LogP contribution < -0.4 is 10.1 Å². The van der Waals surface area contributed by atoms with Gasteiger partial charge in [0, 0.05) is 11.9 Å². The first kappa shape index (κ1) is 11.0. The smallest absolute Gasteiger partial charge is 0.255 e. The van der Waals surface area contributed by atoms with Gasteiger partial charge in [0.25, 0.3) is 5.91 Å². The van der Waals surface area contributed by atoms with E-state index >= 15 is 0 Å². The number of rotatable bonds is 4. The van der Waals surface area contributed by atoms with Gasteiger partial charge < -0.3 is 10.1 Å². The van der Waals surface area contributed by atoms with Crippen LogP contribution in [0.1, 0.15) is 10.4 Å². The zero-order valence-electron chi connectivity index (χ0n) is 7.92. The summed E-state index contributed by atoms with van der Waals surface area (Å²) in [6.07, 6.45) is 0. The van der Waals surface area contributed by atoms with Gasteiger partial charge in [0.05, 0.1) is 12.7 Å². The molecule has 0 bridgehead atoms. The Labute approximate surface area is 91.6 Å². The summed E-state index contributed by atoms with van der Waals surface area (Å²) in [5, 5.41) is 3.50. The molecule has 4 heteroatoms. The van der Waals surface area contributed by atoms with E-state index < -0.39 is 0 Å². The van der Waals surface area contributed by atoms with Crippen molar-refractivity contribution >= 4 is 21.8 Å². The molecule has 1 aromatic rings. The van der Waals surface area contributed by atoms with Crippen molar-refractivity contribution in [3.8, 4) is 5.75 Å². The van der Waals surface area contributed by atoms with Crippen LogP contribution in [-0.2, 0) is 0 Å². The fourth-order valence-corrected chi connectivity index (χ4v) is 1.29. The predicted octanol–water partition coefficient (Wildman–Crippen LogP) is 1.82. The summed E-state index contributed by atoms with van der Waals surface area (Å²) in [4.78, 5) is 11.6. The molecule has 1 aromatic carbocycles. The highest BCUT2D eigenvalue weighted by atomic mass is 79.9. The third-order valence-corrected chi connectivity index (χ3v) is 2.13. The van der Waals surface area contributed by atoms with Gasteiger partial charge in [-0.25, -0.2) is 0 Å². The Bertz CT molecular complexity index is 315. The molecule has 0 aliphatic carbocycles. The number of alkyl halides is 1. The van der Waals surface area contributed by atoms with Gasteiger partial charge in [0.1, 0.15) is 5.75 Å². The molecule has 0 unspecified atom stereocenters. The maximum Gasteiger partial charge on any atom is 0.255 e. The van der Waals surface area contributed by atoms with E-state index in [2.05, 4.69) is 21.2 Å². The van der Waals surface area contributed by atoms with Crippen LogP contribution in [0, 0.1) is 0 Å². The van der Waals surface area contributed by atoms with Gasteiger partial charge in [0.2, 0.25) is 0 Å². The van der Waals surface area contributed by atoms with Crippen LogP contribution in [0.2, 0.25) is 0 Å². The summed E-state index contributed by atoms with van der Waals surface area (Å²) >= 11 is 3.24. The van der Waals surface area contributed by atoms with Crippen molar-refractivity contribution in [1.82, 2.24) is 5.32 Å². The molecular weight excluding hydrogens is 246 g/mol. The number of amides is 1. The van der Waals surface area contributed by atoms with Crippen LogP contribution >= 0.6 is 15.9 Å². The van der Waals surface area contributed by atoms with Crippen molar-refractivity contribution in [1.29, 1.82) is 0 Å². The minimum absolute atomic E-state index is 0.109. The summed E-state index contributed by atoms with van der Waals surface area (Å²) < 4.78 is 5.07. The molecule has 0 spiro atoms. The number of halogens is 1. The molecule has 0 saturated carbocycles. The van der Waals surface area contributed by atoms with Gasteiger partial charge >= 0.3 is 0 Å². The first-order valence-corrected chi connectivity index (χ1v) is 5.39. The number of carbonyl (C=O) groups is 1. The molecule has 1 amide bonds. The van der Waals surface area contributed by atoms with Crippen LogP contribution in [0.5, 0.6) is 5.75 Å². The third kappa shape index (κ3) is 2.73. The van der Waals surface area contributed by atoms with E-state index in [0.29, 0.717) is 17.9 Å². The van der Waals surface area contributed by atoms with Crippen LogP contribution in [-0.4, -0.2) is 24.9 Å². The standard InChI is InChI=1S/C10H12BrNO2/c1-14-9-5-3-2-4-8(9)10(13)12-7-6-11/h2-5H,6-7H2,1H3,(H,12,13). The summed E-state index contributed by atoms with van der Waals surface area (Å²) in [5.41, 5.74) is 0.566. The van der Waals surface area contributed by atoms with Crippen LogP contribution in [0.25, 0.3) is 0 Å². The van der Waals surface area contributed by atoms with Crippen molar-refractivity contribution in [3.63, 3.8) is 0 Å². The number of methoxy groups -OCH3 is 1. The number of hydrogen-bond acceptors (Lipinski definition) is 2. The van der Waals surface area contributed by atoms with E-state index in [0.717, 1.165) is 5.33 Å². The average molecular weight is 258 g/mol. The van der Waals surface area contributed by atoms with Crippen LogP contribution in [0.4, 0.5) is 0 Å². The van der Waals surface area contributed by atoms with Gasteiger partial charge in [0.15, 0.2) is 0 Å². The average Bonchev–Trinajstić information content (AvgIpc) is 2.25. The Morgan fingerprint density at radius 1 is 1.50 bits per heavy atom. The lowest BCUT2D eigenvalue weighted by molar-refractivity contribution is 0.0953. The molecule has 0 heterocycles. The summed E-state index contributed by atoms with van der Waals surface area (Å²) in [7, 11) is 1.55. The number of carbonyl (C=O) groups excluding carboxylic acids is 1. The molecule has 0 atom stereocenters. The molecular formula is C10H12BrNO2. The zero-order valence-corrected chi connectivity index (χ0v) is 9.50. The number of ether oxygens (including phenoxy) is 1. The summed E-state index contributed by atoms with van der Waals surface area (Å²) in [6, 6.07) is 7.15. The predicted molar refractivity (Wildman–Crippen MR) is 59.1 cm³/mol. The van der Waals surface area contributed by atoms with Gasteiger partial charge in [-0.3, -0.25) is 4.79 Å². The summed E-state index contributed by atoms with van der Waals surface area (Å²) in [5.74, 6) is 0.487. The van der Waals surface area contributed by atoms with E-state index in [1.807, 2.05) is 12.1 Å². The van der Waals surface area contributed by atoms with Crippen molar-refractivity contribution < 1.29 is 9.53 Å². The van der Waals surface area contributed by atoms with Crippen LogP contribution in [0.3, 0.4) is 0 Å². The molecule has 14 heavy (non-hydrogen) atoms. The first-order chi connectivity index (χ1) is 6.79. The topological polar surface area (TPSA) is 38.3 Å². The SMILES string of the molecule is COc1ccccc1C(=O)NCCBr. The Hall–Kier alpha value is -1.03. The summed E-state index contributed by atoms with van der Waals surface area (Å²) in [6.45, 7) is 0.608. The molecule has 0 fully saturated rings. The number of hydrogen-bond donors (Lipinski definition) is 1. The lowest BCUT2D eigenvalue weighted by atomic mass is 10.2. The molecule has 0 aromatic heterocycles. The number of benzene rings is 1. The fraction of sp³-hybridized carbons (Fsp3) is 0.300. The van der Waals surface area contributed by atoms with Gasteiger partial charge in [-0.2, -0.15) is 0 Å². The molecule has 3 nitrogen and oxygen atoms in total. The van der Waals surface area contributed by atoms with Gasteiger partial charge in [-0.15, -0.1) is 0 Å². The first-order valence-electron chi connectivity index (χ1n) is 4.26. The second-order valence-corrected chi connectivity index (χ2v) is 3.44. The Kier molecular flexibility index (Phi) is 4.46. The van der Waals surface area contributed by atoms with E-state index in [1.54, 1.807) is 19.2 Å². The molecule has 0 aliphatic heterocycles. The normalized spacial score (nSPS) is 9.57. The maximum atomic E-state index is 11.6. The second-order valence-electron chi connectivity index (χ2n) is 2.65. The Morgan fingerprint density at radius 3 is 2.86 bits per heavy atom. The third-order valence-electron chi connectivity index (χ3n) is 1.73.